The van der Waals surface area contributed by atoms with Gasteiger partial charge in [0.25, 0.3) is 0 Å². The molecule has 0 fully saturated rings. The average molecular weight is 497 g/mol. The van der Waals surface area contributed by atoms with Crippen LogP contribution in [-0.4, -0.2) is 40.7 Å². The van der Waals surface area contributed by atoms with Crippen LogP contribution < -0.4 is 10.1 Å². The van der Waals surface area contributed by atoms with E-state index in [4.69, 9.17) is 4.74 Å². The monoisotopic (exact) mass is 496 g/mol. The van der Waals surface area contributed by atoms with Crippen molar-refractivity contribution in [2.75, 3.05) is 20.7 Å². The van der Waals surface area contributed by atoms with Gasteiger partial charge in [0.2, 0.25) is 0 Å². The highest BCUT2D eigenvalue weighted by atomic mass is 32.1. The Labute approximate surface area is 208 Å². The zero-order valence-corrected chi connectivity index (χ0v) is 22.0. The van der Waals surface area contributed by atoms with Crippen LogP contribution in [0, 0.1) is 0 Å². The summed E-state index contributed by atoms with van der Waals surface area (Å²) in [6.45, 7) is 12.1. The first kappa shape index (κ1) is 24.3. The highest BCUT2D eigenvalue weighted by Gasteiger charge is 2.22. The molecule has 180 valence electrons. The second-order valence-corrected chi connectivity index (χ2v) is 10.5. The minimum absolute atomic E-state index is 0.289. The summed E-state index contributed by atoms with van der Waals surface area (Å²) in [7, 11) is 3.79. The van der Waals surface area contributed by atoms with Crippen LogP contribution in [0.3, 0.4) is 0 Å². The zero-order chi connectivity index (χ0) is 24.4. The molecule has 0 unspecified atom stereocenters. The molecule has 0 saturated carbocycles. The predicted molar refractivity (Wildman–Crippen MR) is 146 cm³/mol. The van der Waals surface area contributed by atoms with Gasteiger partial charge >= 0.3 is 0 Å². The molecule has 3 aromatic heterocycles. The Morgan fingerprint density at radius 3 is 2.74 bits per heavy atom. The Balaban J connectivity index is 1.76. The number of nitrogens with one attached hydrogen (secondary N) is 2. The van der Waals surface area contributed by atoms with Crippen LogP contribution in [0.25, 0.3) is 36.4 Å². The van der Waals surface area contributed by atoms with Crippen molar-refractivity contribution in [2.24, 2.45) is 0 Å². The van der Waals surface area contributed by atoms with Crippen LogP contribution in [0.2, 0.25) is 0 Å². The SMILES string of the molecule is C=C(CC)N/C(=C\C)c1cc2c(O)c3sc(-c4cnc(CN(C)CCC)[nH]4)cc3c(OC)c2s1. The Kier molecular flexibility index (Phi) is 7.30. The van der Waals surface area contributed by atoms with E-state index >= 15 is 0 Å². The summed E-state index contributed by atoms with van der Waals surface area (Å²) in [5.41, 5.74) is 2.88. The van der Waals surface area contributed by atoms with Gasteiger partial charge in [-0.1, -0.05) is 26.5 Å². The van der Waals surface area contributed by atoms with Gasteiger partial charge in [-0.25, -0.2) is 4.98 Å². The maximum absolute atomic E-state index is 11.2. The third-order valence-electron chi connectivity index (χ3n) is 5.80. The largest absolute Gasteiger partial charge is 0.506 e. The Morgan fingerprint density at radius 2 is 2.06 bits per heavy atom. The molecule has 0 atom stereocenters. The van der Waals surface area contributed by atoms with Crippen molar-refractivity contribution >= 4 is 48.5 Å². The Bertz CT molecular complexity index is 1360. The molecule has 1 aromatic carbocycles. The lowest BCUT2D eigenvalue weighted by Crippen LogP contribution is -2.19. The van der Waals surface area contributed by atoms with E-state index in [-0.39, 0.29) is 5.75 Å². The number of ether oxygens (including phenoxy) is 1. The zero-order valence-electron chi connectivity index (χ0n) is 20.4. The standard InChI is InChI=1S/C26H32N4O2S2/c1-7-10-30(5)14-22-27-13-19(29-22)21-12-17-24(32-6)26-16(23(31)25(17)33-21)11-20(34-26)18(9-3)28-15(4)8-2/h9,11-13,28,31H,4,7-8,10,14H2,1-3,5-6H3,(H,27,29)/b18-9-. The second kappa shape index (κ2) is 10.2. The van der Waals surface area contributed by atoms with Crippen molar-refractivity contribution in [1.29, 1.82) is 0 Å². The summed E-state index contributed by atoms with van der Waals surface area (Å²) in [4.78, 5) is 12.3. The average Bonchev–Trinajstić information content (AvgIpc) is 3.56. The van der Waals surface area contributed by atoms with Gasteiger partial charge in [-0.3, -0.25) is 4.90 Å². The first-order valence-corrected chi connectivity index (χ1v) is 13.1. The van der Waals surface area contributed by atoms with Crippen molar-refractivity contribution in [2.45, 2.75) is 40.2 Å². The van der Waals surface area contributed by atoms with Gasteiger partial charge in [-0.15, -0.1) is 22.7 Å². The van der Waals surface area contributed by atoms with Gasteiger partial charge < -0.3 is 20.1 Å². The first-order chi connectivity index (χ1) is 16.4. The lowest BCUT2D eigenvalue weighted by Gasteiger charge is -2.12. The van der Waals surface area contributed by atoms with Crippen LogP contribution in [0.5, 0.6) is 11.5 Å². The fraction of sp³-hybridized carbons (Fsp3) is 0.346. The molecule has 0 radical (unpaired) electrons. The number of aromatic nitrogens is 2. The van der Waals surface area contributed by atoms with Crippen LogP contribution in [0.4, 0.5) is 0 Å². The fourth-order valence-electron chi connectivity index (χ4n) is 4.02. The molecule has 0 spiro atoms. The van der Waals surface area contributed by atoms with Gasteiger partial charge in [0, 0.05) is 16.5 Å². The summed E-state index contributed by atoms with van der Waals surface area (Å²) in [5.74, 6) is 2.01. The number of aromatic hydroxyl groups is 1. The van der Waals surface area contributed by atoms with Gasteiger partial charge in [0.15, 0.2) is 0 Å². The van der Waals surface area contributed by atoms with E-state index in [1.54, 1.807) is 29.8 Å². The normalized spacial score (nSPS) is 12.2. The van der Waals surface area contributed by atoms with Crippen molar-refractivity contribution in [1.82, 2.24) is 20.2 Å². The molecule has 0 bridgehead atoms. The number of phenols is 1. The number of methoxy groups -OCH3 is 1. The highest BCUT2D eigenvalue weighted by Crippen LogP contribution is 2.50. The van der Waals surface area contributed by atoms with E-state index in [9.17, 15) is 5.11 Å². The number of aromatic amines is 1. The van der Waals surface area contributed by atoms with Crippen molar-refractivity contribution in [3.8, 4) is 22.1 Å². The molecule has 4 rings (SSSR count). The number of rotatable bonds is 10. The van der Waals surface area contributed by atoms with Gasteiger partial charge in [-0.05, 0) is 45.5 Å². The maximum atomic E-state index is 11.2. The number of imidazole rings is 1. The summed E-state index contributed by atoms with van der Waals surface area (Å²) in [5, 5.41) is 16.3. The number of phenolic OH excluding ortho intramolecular Hbond substituents is 1. The van der Waals surface area contributed by atoms with Crippen molar-refractivity contribution in [3.05, 3.63) is 47.4 Å². The summed E-state index contributed by atoms with van der Waals surface area (Å²) >= 11 is 3.15. The molecule has 0 amide bonds. The smallest absolute Gasteiger partial charge is 0.145 e. The molecule has 6 nitrogen and oxygen atoms in total. The first-order valence-electron chi connectivity index (χ1n) is 11.5. The second-order valence-electron chi connectivity index (χ2n) is 8.35. The van der Waals surface area contributed by atoms with Crippen LogP contribution in [0.15, 0.2) is 36.7 Å². The summed E-state index contributed by atoms with van der Waals surface area (Å²) in [6, 6.07) is 4.11. The van der Waals surface area contributed by atoms with E-state index in [0.29, 0.717) is 0 Å². The van der Waals surface area contributed by atoms with E-state index < -0.39 is 0 Å². The molecular formula is C26H32N4O2S2. The van der Waals surface area contributed by atoms with Gasteiger partial charge in [0.05, 0.1) is 50.4 Å². The molecule has 3 heterocycles. The molecule has 0 saturated heterocycles. The number of H-pyrrole nitrogens is 1. The lowest BCUT2D eigenvalue weighted by molar-refractivity contribution is 0.320. The van der Waals surface area contributed by atoms with Crippen molar-refractivity contribution in [3.63, 3.8) is 0 Å². The van der Waals surface area contributed by atoms with Crippen LogP contribution in [-0.2, 0) is 6.54 Å². The Morgan fingerprint density at radius 1 is 1.26 bits per heavy atom. The third kappa shape index (κ3) is 4.58. The fourth-order valence-corrected chi connectivity index (χ4v) is 6.33. The number of hydrogen-bond acceptors (Lipinski definition) is 7. The number of nitrogens with zero attached hydrogens (tertiary/aromatic N) is 2. The molecule has 0 aliphatic rings. The van der Waals surface area contributed by atoms with E-state index in [0.717, 1.165) is 84.5 Å². The summed E-state index contributed by atoms with van der Waals surface area (Å²) < 4.78 is 7.62. The number of allylic oxidation sites excluding steroid dienone is 2. The molecule has 34 heavy (non-hydrogen) atoms. The number of benzene rings is 1. The van der Waals surface area contributed by atoms with E-state index in [2.05, 4.69) is 53.7 Å². The minimum Gasteiger partial charge on any atom is -0.506 e. The minimum atomic E-state index is 0.289. The molecular weight excluding hydrogens is 464 g/mol. The van der Waals surface area contributed by atoms with Crippen LogP contribution >= 0.6 is 22.7 Å². The van der Waals surface area contributed by atoms with Gasteiger partial charge in [0.1, 0.15) is 17.3 Å². The molecule has 8 heteroatoms. The maximum Gasteiger partial charge on any atom is 0.145 e. The molecule has 0 aliphatic heterocycles. The number of fused-ring (bicyclic) bond motifs is 2. The number of hydrogen-bond donors (Lipinski definition) is 3. The molecule has 3 N–H and O–H groups in total. The number of thiophene rings is 2. The molecule has 0 aliphatic carbocycles. The van der Waals surface area contributed by atoms with E-state index in [1.807, 2.05) is 25.3 Å². The predicted octanol–water partition coefficient (Wildman–Crippen LogP) is 6.94. The lowest BCUT2D eigenvalue weighted by atomic mass is 10.1. The summed E-state index contributed by atoms with van der Waals surface area (Å²) in [6.07, 6.45) is 5.86. The quantitative estimate of drug-likeness (QED) is 0.222. The van der Waals surface area contributed by atoms with E-state index in [1.165, 1.54) is 0 Å². The topological polar surface area (TPSA) is 73.4 Å². The third-order valence-corrected chi connectivity index (χ3v) is 8.14. The van der Waals surface area contributed by atoms with Crippen molar-refractivity contribution < 1.29 is 9.84 Å². The molecule has 4 aromatic rings. The Hall–Kier alpha value is -2.81. The van der Waals surface area contributed by atoms with Gasteiger partial charge in [-0.2, -0.15) is 0 Å². The van der Waals surface area contributed by atoms with Crippen LogP contribution in [0.1, 0.15) is 44.3 Å². The highest BCUT2D eigenvalue weighted by molar-refractivity contribution is 7.23.